The lowest BCUT2D eigenvalue weighted by Crippen LogP contribution is -2.42. The molecule has 0 radical (unpaired) electrons. The molecule has 2 aromatic rings. The lowest BCUT2D eigenvalue weighted by atomic mass is 10.1. The van der Waals surface area contributed by atoms with Gasteiger partial charge in [-0.05, 0) is 49.1 Å². The number of benzene rings is 1. The maximum absolute atomic E-state index is 12.7. The fourth-order valence-electron chi connectivity index (χ4n) is 4.10. The first-order chi connectivity index (χ1) is 14.3. The number of rotatable bonds is 7. The first-order valence-corrected chi connectivity index (χ1v) is 10.7. The van der Waals surface area contributed by atoms with E-state index in [1.54, 1.807) is 14.0 Å². The van der Waals surface area contributed by atoms with Crippen LogP contribution in [0.2, 0.25) is 5.02 Å². The Labute approximate surface area is 203 Å². The normalized spacial score (nSPS) is 17.5. The van der Waals surface area contributed by atoms with E-state index in [-0.39, 0.29) is 29.9 Å². The van der Waals surface area contributed by atoms with Crippen molar-refractivity contribution in [3.63, 3.8) is 0 Å². The Hall–Kier alpha value is -1.20. The van der Waals surface area contributed by atoms with Gasteiger partial charge in [-0.2, -0.15) is 13.2 Å². The van der Waals surface area contributed by atoms with Crippen LogP contribution in [-0.2, 0) is 6.42 Å². The van der Waals surface area contributed by atoms with E-state index in [0.717, 1.165) is 42.8 Å². The van der Waals surface area contributed by atoms with E-state index in [2.05, 4.69) is 20.2 Å². The molecule has 1 aromatic carbocycles. The molecule has 0 spiro atoms. The number of likely N-dealkylation sites (tertiary alicyclic amines) is 1. The highest BCUT2D eigenvalue weighted by molar-refractivity contribution is 14.0. The average Bonchev–Trinajstić information content (AvgIpc) is 3.30. The molecule has 1 aromatic heterocycles. The van der Waals surface area contributed by atoms with Gasteiger partial charge in [-0.1, -0.05) is 18.5 Å². The Balaban J connectivity index is 0.00000341. The molecule has 5 nitrogen and oxygen atoms in total. The average molecular weight is 572 g/mol. The summed E-state index contributed by atoms with van der Waals surface area (Å²) in [6.07, 6.45) is -0.475. The number of H-pyrrole nitrogens is 1. The second-order valence-electron chi connectivity index (χ2n) is 7.77. The van der Waals surface area contributed by atoms with E-state index in [1.165, 1.54) is 10.5 Å². The number of aromatic amines is 1. The highest BCUT2D eigenvalue weighted by Crippen LogP contribution is 2.23. The van der Waals surface area contributed by atoms with Crippen molar-refractivity contribution >= 4 is 52.4 Å². The SMILES string of the molecule is CCN(CC1CCN(C(=NC)NCCc2c[nH]c3ccc(Cl)cc23)C1)CC(F)(F)F.I. The van der Waals surface area contributed by atoms with Gasteiger partial charge in [0.2, 0.25) is 0 Å². The number of hydrogen-bond acceptors (Lipinski definition) is 2. The summed E-state index contributed by atoms with van der Waals surface area (Å²) in [6.45, 7) is 4.02. The van der Waals surface area contributed by atoms with Crippen LogP contribution in [0, 0.1) is 5.92 Å². The Morgan fingerprint density at radius 3 is 2.84 bits per heavy atom. The van der Waals surface area contributed by atoms with Crippen LogP contribution in [0.1, 0.15) is 18.9 Å². The number of hydrogen-bond donors (Lipinski definition) is 2. The molecule has 174 valence electrons. The van der Waals surface area contributed by atoms with Crippen molar-refractivity contribution in [3.05, 3.63) is 35.0 Å². The van der Waals surface area contributed by atoms with Gasteiger partial charge in [0.05, 0.1) is 6.54 Å². The number of aromatic nitrogens is 1. The molecule has 10 heteroatoms. The summed E-state index contributed by atoms with van der Waals surface area (Å²) >= 11 is 6.11. The van der Waals surface area contributed by atoms with Crippen molar-refractivity contribution in [3.8, 4) is 0 Å². The summed E-state index contributed by atoms with van der Waals surface area (Å²) in [7, 11) is 1.74. The van der Waals surface area contributed by atoms with Crippen molar-refractivity contribution in [2.45, 2.75) is 25.9 Å². The lowest BCUT2D eigenvalue weighted by molar-refractivity contribution is -0.146. The van der Waals surface area contributed by atoms with Crippen LogP contribution in [0.3, 0.4) is 0 Å². The molecule has 0 bridgehead atoms. The van der Waals surface area contributed by atoms with Crippen molar-refractivity contribution in [2.75, 3.05) is 46.3 Å². The maximum atomic E-state index is 12.7. The summed E-state index contributed by atoms with van der Waals surface area (Å²) in [5.74, 6) is 1.01. The van der Waals surface area contributed by atoms with Crippen LogP contribution in [0.15, 0.2) is 29.4 Å². The van der Waals surface area contributed by atoms with Gasteiger partial charge >= 0.3 is 6.18 Å². The fourth-order valence-corrected chi connectivity index (χ4v) is 4.27. The zero-order valence-electron chi connectivity index (χ0n) is 17.8. The lowest BCUT2D eigenvalue weighted by Gasteiger charge is -2.26. The summed E-state index contributed by atoms with van der Waals surface area (Å²) < 4.78 is 38.1. The molecule has 0 aliphatic carbocycles. The molecule has 0 amide bonds. The van der Waals surface area contributed by atoms with Crippen LogP contribution >= 0.6 is 35.6 Å². The minimum atomic E-state index is -4.15. The molecule has 1 fully saturated rings. The number of guanidine groups is 1. The molecule has 1 saturated heterocycles. The zero-order chi connectivity index (χ0) is 21.7. The molecular formula is C21H30ClF3IN5. The van der Waals surface area contributed by atoms with E-state index in [1.807, 2.05) is 24.4 Å². The quantitative estimate of drug-likeness (QED) is 0.286. The van der Waals surface area contributed by atoms with E-state index in [9.17, 15) is 13.2 Å². The molecule has 1 atom stereocenters. The second-order valence-corrected chi connectivity index (χ2v) is 8.21. The molecule has 2 heterocycles. The third-order valence-electron chi connectivity index (χ3n) is 5.57. The van der Waals surface area contributed by atoms with Gasteiger partial charge < -0.3 is 15.2 Å². The number of halogens is 5. The van der Waals surface area contributed by atoms with Gasteiger partial charge in [0.25, 0.3) is 0 Å². The van der Waals surface area contributed by atoms with Crippen molar-refractivity contribution in [1.82, 2.24) is 20.1 Å². The van der Waals surface area contributed by atoms with Gasteiger partial charge in [0.15, 0.2) is 5.96 Å². The summed E-state index contributed by atoms with van der Waals surface area (Å²) in [4.78, 5) is 11.2. The van der Waals surface area contributed by atoms with Crippen molar-refractivity contribution < 1.29 is 13.2 Å². The Morgan fingerprint density at radius 2 is 2.16 bits per heavy atom. The minimum Gasteiger partial charge on any atom is -0.361 e. The van der Waals surface area contributed by atoms with Gasteiger partial charge in [0, 0.05) is 55.3 Å². The highest BCUT2D eigenvalue weighted by atomic mass is 127. The third kappa shape index (κ3) is 7.42. The minimum absolute atomic E-state index is 0. The van der Waals surface area contributed by atoms with E-state index in [4.69, 9.17) is 11.6 Å². The number of alkyl halides is 3. The van der Waals surface area contributed by atoms with Crippen molar-refractivity contribution in [1.29, 1.82) is 0 Å². The standard InChI is InChI=1S/C21H29ClF3N5.HI/c1-3-29(14-21(23,24)25)12-15-7-9-30(13-15)20(26-2)27-8-6-16-11-28-19-5-4-17(22)10-18(16)19;/h4-5,10-11,15,28H,3,6-9,12-14H2,1-2H3,(H,26,27);1H. The van der Waals surface area contributed by atoms with Crippen molar-refractivity contribution in [2.24, 2.45) is 10.9 Å². The summed E-state index contributed by atoms with van der Waals surface area (Å²) in [5.41, 5.74) is 2.24. The van der Waals surface area contributed by atoms with Gasteiger partial charge in [0.1, 0.15) is 0 Å². The topological polar surface area (TPSA) is 46.7 Å². The Bertz CT molecular complexity index is 870. The molecule has 0 saturated carbocycles. The molecule has 1 unspecified atom stereocenters. The van der Waals surface area contributed by atoms with Gasteiger partial charge in [-0.3, -0.25) is 9.89 Å². The second kappa shape index (κ2) is 11.6. The third-order valence-corrected chi connectivity index (χ3v) is 5.81. The smallest absolute Gasteiger partial charge is 0.361 e. The van der Waals surface area contributed by atoms with Crippen LogP contribution in [0.4, 0.5) is 13.2 Å². The predicted octanol–water partition coefficient (Wildman–Crippen LogP) is 4.76. The molecule has 1 aliphatic rings. The van der Waals surface area contributed by atoms with Crippen LogP contribution in [0.5, 0.6) is 0 Å². The molecule has 1 aliphatic heterocycles. The Morgan fingerprint density at radius 1 is 1.39 bits per heavy atom. The molecule has 2 N–H and O–H groups in total. The number of aliphatic imine (C=N–C) groups is 1. The molecule has 3 rings (SSSR count). The monoisotopic (exact) mass is 571 g/mol. The van der Waals surface area contributed by atoms with Gasteiger partial charge in [-0.15, -0.1) is 24.0 Å². The number of fused-ring (bicyclic) bond motifs is 1. The zero-order valence-corrected chi connectivity index (χ0v) is 20.9. The number of nitrogens with zero attached hydrogens (tertiary/aromatic N) is 3. The fraction of sp³-hybridized carbons (Fsp3) is 0.571. The molecule has 31 heavy (non-hydrogen) atoms. The van der Waals surface area contributed by atoms with E-state index in [0.29, 0.717) is 24.7 Å². The van der Waals surface area contributed by atoms with Crippen LogP contribution < -0.4 is 5.32 Å². The van der Waals surface area contributed by atoms with E-state index >= 15 is 0 Å². The number of nitrogens with one attached hydrogen (secondary N) is 2. The summed E-state index contributed by atoms with van der Waals surface area (Å²) in [6, 6.07) is 5.79. The maximum Gasteiger partial charge on any atom is 0.401 e. The molecular weight excluding hydrogens is 542 g/mol. The van der Waals surface area contributed by atoms with E-state index < -0.39 is 12.7 Å². The largest absolute Gasteiger partial charge is 0.401 e. The predicted molar refractivity (Wildman–Crippen MR) is 132 cm³/mol. The first kappa shape index (κ1) is 26.1. The van der Waals surface area contributed by atoms with Crippen LogP contribution in [0.25, 0.3) is 10.9 Å². The first-order valence-electron chi connectivity index (χ1n) is 10.3. The van der Waals surface area contributed by atoms with Crippen LogP contribution in [-0.4, -0.2) is 73.2 Å². The highest BCUT2D eigenvalue weighted by Gasteiger charge is 2.33. The summed E-state index contributed by atoms with van der Waals surface area (Å²) in [5, 5.41) is 5.22. The Kier molecular flexibility index (Phi) is 9.75. The van der Waals surface area contributed by atoms with Gasteiger partial charge in [-0.25, -0.2) is 0 Å².